The zero-order valence-corrected chi connectivity index (χ0v) is 33.2. The van der Waals surface area contributed by atoms with E-state index in [1.54, 1.807) is 48.5 Å². The van der Waals surface area contributed by atoms with Crippen molar-refractivity contribution in [1.29, 1.82) is 0 Å². The molecule has 0 aliphatic rings. The molecule has 0 heterocycles. The first-order valence-corrected chi connectivity index (χ1v) is 17.8. The Morgan fingerprint density at radius 1 is 0.558 bits per heavy atom. The third-order valence-electron chi connectivity index (χ3n) is 8.54. The number of amides is 4. The predicted octanol–water partition coefficient (Wildman–Crippen LogP) is 5.39. The fraction of sp³-hybridized carbons (Fsp3) is 0.722. The van der Waals surface area contributed by atoms with E-state index in [4.69, 9.17) is 9.47 Å². The number of hydrogen-bond acceptors (Lipinski definition) is 12. The second kappa shape index (κ2) is 24.6. The minimum Gasteiger partial charge on any atom is -0.462 e. The van der Waals surface area contributed by atoms with Gasteiger partial charge in [-0.3, -0.25) is 24.2 Å². The van der Waals surface area contributed by atoms with E-state index < -0.39 is 48.0 Å². The average molecular weight is 735 g/mol. The monoisotopic (exact) mass is 734 g/mol. The Balaban J connectivity index is 4.56. The zero-order chi connectivity index (χ0) is 40.0. The molecule has 294 valence electrons. The first-order valence-electron chi connectivity index (χ1n) is 17.8. The van der Waals surface area contributed by atoms with Gasteiger partial charge in [0.25, 0.3) is 0 Å². The third-order valence-corrected chi connectivity index (χ3v) is 8.54. The maximum Gasteiger partial charge on any atom is 0.355 e. The molecule has 0 fully saturated rings. The van der Waals surface area contributed by atoms with Crippen molar-refractivity contribution in [3.63, 3.8) is 0 Å². The van der Waals surface area contributed by atoms with Crippen LogP contribution in [0.1, 0.15) is 134 Å². The number of nitrogens with zero attached hydrogens (tertiary/aromatic N) is 4. The lowest BCUT2D eigenvalue weighted by molar-refractivity contribution is -0.153. The molecule has 0 spiro atoms. The molecule has 4 atom stereocenters. The summed E-state index contributed by atoms with van der Waals surface area (Å²) in [7, 11) is 1.46. The fourth-order valence-electron chi connectivity index (χ4n) is 4.23. The molecule has 4 unspecified atom stereocenters. The van der Waals surface area contributed by atoms with Crippen molar-refractivity contribution in [2.75, 3.05) is 7.05 Å². The van der Waals surface area contributed by atoms with E-state index in [2.05, 4.69) is 62.7 Å². The van der Waals surface area contributed by atoms with Crippen LogP contribution in [-0.4, -0.2) is 83.2 Å². The highest BCUT2D eigenvalue weighted by Crippen LogP contribution is 2.17. The summed E-state index contributed by atoms with van der Waals surface area (Å²) in [5, 5.41) is 14.2. The molecule has 0 aliphatic carbocycles. The van der Waals surface area contributed by atoms with Crippen LogP contribution in [-0.2, 0) is 28.7 Å². The van der Waals surface area contributed by atoms with Crippen LogP contribution in [0.2, 0.25) is 0 Å². The van der Waals surface area contributed by atoms with Crippen LogP contribution < -0.4 is 21.6 Å². The number of esters is 2. The van der Waals surface area contributed by atoms with E-state index in [0.717, 1.165) is 12.1 Å². The van der Waals surface area contributed by atoms with E-state index in [0.29, 0.717) is 30.0 Å². The summed E-state index contributed by atoms with van der Waals surface area (Å²) < 4.78 is 10.9. The van der Waals surface area contributed by atoms with Gasteiger partial charge in [-0.15, -0.1) is 0 Å². The number of aliphatic imine (C=N–C) groups is 1. The Kier molecular flexibility index (Phi) is 22.5. The van der Waals surface area contributed by atoms with Crippen molar-refractivity contribution in [2.24, 2.45) is 32.1 Å². The van der Waals surface area contributed by atoms with Crippen LogP contribution in [0.25, 0.3) is 0 Å². The third kappa shape index (κ3) is 21.7. The molecular weight excluding hydrogens is 672 g/mol. The fourth-order valence-corrected chi connectivity index (χ4v) is 4.23. The van der Waals surface area contributed by atoms with Crippen molar-refractivity contribution < 1.29 is 38.2 Å². The second-order valence-corrected chi connectivity index (χ2v) is 13.7. The van der Waals surface area contributed by atoms with Crippen LogP contribution in [0.3, 0.4) is 0 Å². The normalized spacial score (nSPS) is 15.1. The lowest BCUT2D eigenvalue weighted by atomic mass is 9.96. The van der Waals surface area contributed by atoms with Gasteiger partial charge < -0.3 is 14.8 Å². The van der Waals surface area contributed by atoms with Crippen molar-refractivity contribution >= 4 is 58.4 Å². The van der Waals surface area contributed by atoms with Gasteiger partial charge in [0.1, 0.15) is 23.8 Å². The molecule has 0 radical (unpaired) electrons. The number of hydrogen-bond donors (Lipinski definition) is 4. The van der Waals surface area contributed by atoms with E-state index in [1.165, 1.54) is 7.05 Å². The number of carbonyl (C=O) groups excluding carboxylic acids is 6. The quantitative estimate of drug-likeness (QED) is 0.0605. The molecule has 0 bridgehead atoms. The van der Waals surface area contributed by atoms with Gasteiger partial charge in [-0.1, -0.05) is 20.8 Å². The number of ether oxygens (including phenoxy) is 2. The Bertz CT molecular complexity index is 1360. The Morgan fingerprint density at radius 2 is 0.904 bits per heavy atom. The van der Waals surface area contributed by atoms with Gasteiger partial charge in [0.05, 0.1) is 30.2 Å². The van der Waals surface area contributed by atoms with E-state index in [1.807, 2.05) is 6.92 Å². The highest BCUT2D eigenvalue weighted by molar-refractivity contribution is 5.91. The summed E-state index contributed by atoms with van der Waals surface area (Å²) in [4.78, 5) is 78.0. The van der Waals surface area contributed by atoms with Gasteiger partial charge >= 0.3 is 24.0 Å². The zero-order valence-electron chi connectivity index (χ0n) is 33.2. The highest BCUT2D eigenvalue weighted by atomic mass is 16.5. The molecule has 0 rings (SSSR count). The summed E-state index contributed by atoms with van der Waals surface area (Å²) in [5.74, 6) is -2.10. The predicted molar refractivity (Wildman–Crippen MR) is 202 cm³/mol. The number of carbonyl (C=O) groups is 6. The smallest absolute Gasteiger partial charge is 0.355 e. The van der Waals surface area contributed by atoms with Crippen molar-refractivity contribution in [3.8, 4) is 0 Å². The average Bonchev–Trinajstić information content (AvgIpc) is 3.10. The molecule has 0 aromatic heterocycles. The Labute approximate surface area is 308 Å². The molecule has 16 heteroatoms. The Hall–Kier alpha value is -4.50. The van der Waals surface area contributed by atoms with E-state index >= 15 is 0 Å². The van der Waals surface area contributed by atoms with E-state index in [-0.39, 0.29) is 55.6 Å². The summed E-state index contributed by atoms with van der Waals surface area (Å²) in [6.07, 6.45) is 1.55. The van der Waals surface area contributed by atoms with Crippen LogP contribution >= 0.6 is 0 Å². The van der Waals surface area contributed by atoms with Crippen LogP contribution in [0.15, 0.2) is 20.3 Å². The summed E-state index contributed by atoms with van der Waals surface area (Å²) in [6, 6.07) is -1.17. The van der Waals surface area contributed by atoms with Crippen molar-refractivity contribution in [2.45, 2.75) is 152 Å². The van der Waals surface area contributed by atoms with Gasteiger partial charge in [-0.2, -0.15) is 15.3 Å². The molecule has 0 saturated carbocycles. The molecule has 52 heavy (non-hydrogen) atoms. The molecule has 4 amide bonds. The molecule has 0 aromatic carbocycles. The summed E-state index contributed by atoms with van der Waals surface area (Å²) in [6.45, 7) is 19.8. The standard InChI is InChI=1S/C36H62N8O8/c1-13-36(10,11)38-22(2)14-18-30(45)26(6)28(8)51-33(48)21-17-25(5)41-44-35(50)43-40-23(3)15-19-31(46)27(7)29(9)52-32(47)20-16-24(4)39-42-34(49)37-12/h26-29H,13-21H2,1-12H3,(H2,37,42,49)(H2,43,44,50)/b38-22?,39-24+,40-23+,41-25+. The van der Waals surface area contributed by atoms with Gasteiger partial charge in [-0.05, 0) is 87.5 Å². The molecule has 0 aromatic rings. The highest BCUT2D eigenvalue weighted by Gasteiger charge is 2.25. The Morgan fingerprint density at radius 3 is 1.27 bits per heavy atom. The molecule has 16 nitrogen and oxygen atoms in total. The van der Waals surface area contributed by atoms with Crippen LogP contribution in [0, 0.1) is 11.8 Å². The van der Waals surface area contributed by atoms with Crippen molar-refractivity contribution in [3.05, 3.63) is 0 Å². The van der Waals surface area contributed by atoms with Gasteiger partial charge in [0.2, 0.25) is 0 Å². The van der Waals surface area contributed by atoms with E-state index in [9.17, 15) is 28.8 Å². The van der Waals surface area contributed by atoms with Crippen LogP contribution in [0.4, 0.5) is 9.59 Å². The second-order valence-electron chi connectivity index (χ2n) is 13.7. The molecule has 0 aliphatic heterocycles. The number of hydrazone groups is 3. The lowest BCUT2D eigenvalue weighted by Crippen LogP contribution is -2.30. The maximum absolute atomic E-state index is 12.7. The lowest BCUT2D eigenvalue weighted by Gasteiger charge is -2.20. The number of urea groups is 2. The van der Waals surface area contributed by atoms with Gasteiger partial charge in [0.15, 0.2) is 0 Å². The molecule has 0 saturated heterocycles. The maximum atomic E-state index is 12.7. The summed E-state index contributed by atoms with van der Waals surface area (Å²) >= 11 is 0. The SMILES string of the molecule is CCC(C)(C)N=C(C)CCC(=O)C(C)C(C)OC(=O)CC/C(C)=N/NC(=O)N/N=C(\C)CCC(=O)C(C)C(C)OC(=O)CC/C(C)=N/NC(=O)NC. The number of rotatable bonds is 23. The topological polar surface area (TPSA) is 218 Å². The molecular formula is C36H62N8O8. The van der Waals surface area contributed by atoms with Crippen molar-refractivity contribution in [1.82, 2.24) is 21.6 Å². The number of nitrogens with one attached hydrogen (secondary N) is 4. The summed E-state index contributed by atoms with van der Waals surface area (Å²) in [5.41, 5.74) is 9.17. The minimum absolute atomic E-state index is 0.00773. The first-order chi connectivity index (χ1) is 24.2. The van der Waals surface area contributed by atoms with Gasteiger partial charge in [-0.25, -0.2) is 25.9 Å². The first kappa shape index (κ1) is 47.5. The van der Waals surface area contributed by atoms with Gasteiger partial charge in [0, 0.05) is 42.7 Å². The minimum atomic E-state index is -0.703. The number of ketones is 2. The molecule has 4 N–H and O–H groups in total. The number of Topliss-reactive ketones (excluding diaryl/α,β-unsaturated/α-hetero) is 2. The largest absolute Gasteiger partial charge is 0.462 e. The van der Waals surface area contributed by atoms with Crippen LogP contribution in [0.5, 0.6) is 0 Å².